The molecule has 0 saturated carbocycles. The van der Waals surface area contributed by atoms with Gasteiger partial charge < -0.3 is 4.74 Å². The van der Waals surface area contributed by atoms with E-state index in [0.29, 0.717) is 24.6 Å². The molecule has 0 N–H and O–H groups in total. The van der Waals surface area contributed by atoms with Crippen molar-refractivity contribution in [3.8, 4) is 11.1 Å². The van der Waals surface area contributed by atoms with E-state index in [1.54, 1.807) is 29.6 Å². The van der Waals surface area contributed by atoms with Crippen LogP contribution in [-0.2, 0) is 14.8 Å². The van der Waals surface area contributed by atoms with Crippen molar-refractivity contribution in [3.63, 3.8) is 0 Å². The summed E-state index contributed by atoms with van der Waals surface area (Å²) < 4.78 is 48.3. The fourth-order valence-corrected chi connectivity index (χ4v) is 7.82. The Labute approximate surface area is 219 Å². The minimum atomic E-state index is -3.60. The van der Waals surface area contributed by atoms with Crippen LogP contribution in [0, 0.1) is 19.7 Å². The van der Waals surface area contributed by atoms with Crippen LogP contribution < -0.4 is 0 Å². The van der Waals surface area contributed by atoms with E-state index in [1.165, 1.54) is 11.6 Å². The second-order valence-corrected chi connectivity index (χ2v) is 12.2. The first-order valence-corrected chi connectivity index (χ1v) is 14.4. The Morgan fingerprint density at radius 2 is 1.68 bits per heavy atom. The Bertz CT molecular complexity index is 1360. The summed E-state index contributed by atoms with van der Waals surface area (Å²) in [6.07, 6.45) is 1.79. The summed E-state index contributed by atoms with van der Waals surface area (Å²) in [6.45, 7) is 6.31. The summed E-state index contributed by atoms with van der Waals surface area (Å²) in [5.74, 6) is -0.0692. The molecule has 0 unspecified atom stereocenters. The zero-order valence-corrected chi connectivity index (χ0v) is 22.5. The highest BCUT2D eigenvalue weighted by Crippen LogP contribution is 2.43. The van der Waals surface area contributed by atoms with Gasteiger partial charge in [-0.15, -0.1) is 0 Å². The van der Waals surface area contributed by atoms with E-state index < -0.39 is 10.0 Å². The van der Waals surface area contributed by atoms with Crippen LogP contribution in [-0.4, -0.2) is 63.1 Å². The van der Waals surface area contributed by atoms with Crippen LogP contribution in [0.2, 0.25) is 0 Å². The van der Waals surface area contributed by atoms with Gasteiger partial charge in [0.25, 0.3) is 0 Å². The summed E-state index contributed by atoms with van der Waals surface area (Å²) in [6, 6.07) is 20.8. The molecule has 0 spiro atoms. The second kappa shape index (κ2) is 10.7. The lowest BCUT2D eigenvalue weighted by atomic mass is 9.74. The molecule has 0 amide bonds. The molecule has 0 aliphatic carbocycles. The van der Waals surface area contributed by atoms with Crippen LogP contribution in [0.15, 0.2) is 71.6 Å². The van der Waals surface area contributed by atoms with Crippen molar-refractivity contribution >= 4 is 10.0 Å². The summed E-state index contributed by atoms with van der Waals surface area (Å²) in [5.41, 5.74) is 4.91. The predicted molar refractivity (Wildman–Crippen MR) is 145 cm³/mol. The fraction of sp³-hybridized carbons (Fsp3) is 0.400. The monoisotopic (exact) mass is 522 g/mol. The first kappa shape index (κ1) is 26.0. The lowest BCUT2D eigenvalue weighted by Gasteiger charge is -2.57. The third-order valence-corrected chi connectivity index (χ3v) is 10.0. The Hall–Kier alpha value is -2.58. The number of benzene rings is 3. The Kier molecular flexibility index (Phi) is 7.50. The van der Waals surface area contributed by atoms with Gasteiger partial charge in [-0.3, -0.25) is 4.90 Å². The van der Waals surface area contributed by atoms with Gasteiger partial charge >= 0.3 is 0 Å². The van der Waals surface area contributed by atoms with Crippen LogP contribution >= 0.6 is 0 Å². The number of nitrogens with zero attached hydrogens (tertiary/aromatic N) is 2. The molecule has 3 aromatic rings. The largest absolute Gasteiger partial charge is 0.383 e. The predicted octanol–water partition coefficient (Wildman–Crippen LogP) is 5.38. The first-order chi connectivity index (χ1) is 17.8. The molecule has 5 nitrogen and oxygen atoms in total. The van der Waals surface area contributed by atoms with E-state index in [0.717, 1.165) is 41.6 Å². The van der Waals surface area contributed by atoms with Crippen molar-refractivity contribution in [2.45, 2.75) is 49.6 Å². The van der Waals surface area contributed by atoms with Crippen molar-refractivity contribution in [1.82, 2.24) is 9.21 Å². The van der Waals surface area contributed by atoms with Gasteiger partial charge in [0.15, 0.2) is 0 Å². The summed E-state index contributed by atoms with van der Waals surface area (Å²) in [7, 11) is -1.87. The lowest BCUT2D eigenvalue weighted by Crippen LogP contribution is -2.68. The Morgan fingerprint density at radius 1 is 0.946 bits per heavy atom. The lowest BCUT2D eigenvalue weighted by molar-refractivity contribution is -0.0635. The number of rotatable bonds is 6. The summed E-state index contributed by atoms with van der Waals surface area (Å²) in [4.78, 5) is 2.83. The standard InChI is InChI=1S/C30H35FN2O3S/c1-21-8-4-5-9-29(21)37(34,35)32-16-6-7-17-33-27(19-32)30(28(33)20-36-3)24-12-10-23(11-13-24)26-15-14-25(31)18-22(26)2/h4-5,8-15,18,27-28,30H,6-7,16-17,19-20H2,1-3H3/t27-,28+,30-/m0/s1. The second-order valence-electron chi connectivity index (χ2n) is 10.3. The van der Waals surface area contributed by atoms with Crippen LogP contribution in [0.5, 0.6) is 0 Å². The number of methoxy groups -OCH3 is 1. The molecule has 196 valence electrons. The quantitative estimate of drug-likeness (QED) is 0.436. The third kappa shape index (κ3) is 4.98. The molecule has 7 heteroatoms. The zero-order chi connectivity index (χ0) is 26.2. The average molecular weight is 523 g/mol. The van der Waals surface area contributed by atoms with E-state index in [4.69, 9.17) is 4.74 Å². The van der Waals surface area contributed by atoms with E-state index in [9.17, 15) is 12.8 Å². The van der Waals surface area contributed by atoms with Crippen LogP contribution in [0.3, 0.4) is 0 Å². The highest BCUT2D eigenvalue weighted by molar-refractivity contribution is 7.89. The van der Waals surface area contributed by atoms with E-state index in [2.05, 4.69) is 29.2 Å². The molecular formula is C30H35FN2O3S. The molecule has 0 aromatic heterocycles. The molecule has 2 fully saturated rings. The maximum absolute atomic E-state index is 13.7. The minimum Gasteiger partial charge on any atom is -0.383 e. The Balaban J connectivity index is 1.45. The van der Waals surface area contributed by atoms with Gasteiger partial charge in [-0.1, -0.05) is 48.5 Å². The number of fused-ring (bicyclic) bond motifs is 1. The molecule has 3 atom stereocenters. The van der Waals surface area contributed by atoms with E-state index >= 15 is 0 Å². The SMILES string of the molecule is COC[C@@H]1[C@@H](c2ccc(-c3ccc(F)cc3C)cc2)[C@@H]2CN(S(=O)(=O)c3ccccc3C)CCCCN12. The van der Waals surface area contributed by atoms with E-state index in [-0.39, 0.29) is 23.8 Å². The fourth-order valence-electron chi connectivity index (χ4n) is 6.10. The number of halogens is 1. The first-order valence-electron chi connectivity index (χ1n) is 13.0. The number of ether oxygens (including phenoxy) is 1. The normalized spacial score (nSPS) is 23.1. The van der Waals surface area contributed by atoms with Crippen molar-refractivity contribution in [2.24, 2.45) is 0 Å². The summed E-state index contributed by atoms with van der Waals surface area (Å²) >= 11 is 0. The number of hydrogen-bond acceptors (Lipinski definition) is 4. The van der Waals surface area contributed by atoms with Crippen molar-refractivity contribution < 1.29 is 17.5 Å². The number of aryl methyl sites for hydroxylation is 2. The summed E-state index contributed by atoms with van der Waals surface area (Å²) in [5, 5.41) is 0. The Morgan fingerprint density at radius 3 is 2.38 bits per heavy atom. The molecule has 2 heterocycles. The van der Waals surface area contributed by atoms with Gasteiger partial charge in [0.1, 0.15) is 5.82 Å². The van der Waals surface area contributed by atoms with Crippen LogP contribution in [0.4, 0.5) is 4.39 Å². The molecule has 2 aliphatic rings. The van der Waals surface area contributed by atoms with Crippen molar-refractivity contribution in [2.75, 3.05) is 33.4 Å². The van der Waals surface area contributed by atoms with Crippen LogP contribution in [0.25, 0.3) is 11.1 Å². The minimum absolute atomic E-state index is 0.0812. The average Bonchev–Trinajstić information content (AvgIpc) is 2.85. The molecule has 2 saturated heterocycles. The number of sulfonamides is 1. The molecule has 2 aliphatic heterocycles. The smallest absolute Gasteiger partial charge is 0.243 e. The van der Waals surface area contributed by atoms with Gasteiger partial charge in [-0.25, -0.2) is 12.8 Å². The van der Waals surface area contributed by atoms with Gasteiger partial charge in [0.05, 0.1) is 11.5 Å². The topological polar surface area (TPSA) is 49.9 Å². The van der Waals surface area contributed by atoms with Crippen LogP contribution in [0.1, 0.15) is 35.4 Å². The van der Waals surface area contributed by atoms with Crippen molar-refractivity contribution in [3.05, 3.63) is 89.2 Å². The number of hydrogen-bond donors (Lipinski definition) is 0. The maximum Gasteiger partial charge on any atom is 0.243 e. The molecule has 3 aromatic carbocycles. The molecule has 0 bridgehead atoms. The van der Waals surface area contributed by atoms with Gasteiger partial charge in [-0.05, 0) is 79.3 Å². The highest BCUT2D eigenvalue weighted by atomic mass is 32.2. The van der Waals surface area contributed by atoms with E-state index in [1.807, 2.05) is 32.0 Å². The molecule has 37 heavy (non-hydrogen) atoms. The molecule has 5 rings (SSSR count). The van der Waals surface area contributed by atoms with Gasteiger partial charge in [-0.2, -0.15) is 4.31 Å². The van der Waals surface area contributed by atoms with Crippen molar-refractivity contribution in [1.29, 1.82) is 0 Å². The third-order valence-electron chi connectivity index (χ3n) is 7.99. The zero-order valence-electron chi connectivity index (χ0n) is 21.7. The molecular weight excluding hydrogens is 487 g/mol. The maximum atomic E-state index is 13.7. The molecule has 0 radical (unpaired) electrons. The van der Waals surface area contributed by atoms with Gasteiger partial charge in [0.2, 0.25) is 10.0 Å². The van der Waals surface area contributed by atoms with Gasteiger partial charge in [0, 0.05) is 38.2 Å². The highest BCUT2D eigenvalue weighted by Gasteiger charge is 2.50.